The van der Waals surface area contributed by atoms with Gasteiger partial charge in [0.25, 0.3) is 0 Å². The van der Waals surface area contributed by atoms with Gasteiger partial charge in [0.1, 0.15) is 0 Å². The van der Waals surface area contributed by atoms with E-state index >= 15 is 0 Å². The Morgan fingerprint density at radius 2 is 2.25 bits per heavy atom. The van der Waals surface area contributed by atoms with Crippen molar-refractivity contribution in [3.63, 3.8) is 0 Å². The van der Waals surface area contributed by atoms with E-state index in [0.717, 1.165) is 17.9 Å². The Kier molecular flexibility index (Phi) is 1.27. The monoisotopic (exact) mass is 165 g/mol. The first-order chi connectivity index (χ1) is 5.72. The maximum atomic E-state index is 2.83. The predicted molar refractivity (Wildman–Crippen MR) is 50.0 cm³/mol. The van der Waals surface area contributed by atoms with Crippen LogP contribution in [0.2, 0.25) is 0 Å². The van der Waals surface area contributed by atoms with Crippen LogP contribution in [-0.2, 0) is 0 Å². The van der Waals surface area contributed by atoms with Gasteiger partial charge in [-0.05, 0) is 51.0 Å². The van der Waals surface area contributed by atoms with E-state index in [1.165, 1.54) is 32.2 Å². The summed E-state index contributed by atoms with van der Waals surface area (Å²) in [5, 5.41) is 0. The summed E-state index contributed by atoms with van der Waals surface area (Å²) in [6.07, 6.45) is 5.97. The molecular weight excluding hydrogens is 146 g/mol. The van der Waals surface area contributed by atoms with Crippen LogP contribution >= 0.6 is 0 Å². The highest BCUT2D eigenvalue weighted by atomic mass is 15.3. The number of hydrogen-bond acceptors (Lipinski definition) is 1. The lowest BCUT2D eigenvalue weighted by atomic mass is 9.87. The van der Waals surface area contributed by atoms with Gasteiger partial charge in [0.05, 0.1) is 0 Å². The molecule has 0 amide bonds. The van der Waals surface area contributed by atoms with E-state index in [0.29, 0.717) is 5.54 Å². The maximum absolute atomic E-state index is 2.83. The number of hydrogen-bond donors (Lipinski definition) is 0. The van der Waals surface area contributed by atoms with Crippen LogP contribution in [0.3, 0.4) is 0 Å². The minimum Gasteiger partial charge on any atom is -0.294 e. The predicted octanol–water partition coefficient (Wildman–Crippen LogP) is 2.27. The molecule has 0 aromatic heterocycles. The van der Waals surface area contributed by atoms with Gasteiger partial charge in [0.2, 0.25) is 0 Å². The maximum Gasteiger partial charge on any atom is 0.0213 e. The van der Waals surface area contributed by atoms with E-state index in [-0.39, 0.29) is 0 Å². The topological polar surface area (TPSA) is 3.24 Å². The molecule has 2 saturated heterocycles. The van der Waals surface area contributed by atoms with Crippen molar-refractivity contribution in [1.29, 1.82) is 0 Å². The normalized spacial score (nSPS) is 58.0. The molecule has 1 nitrogen and oxygen atoms in total. The Morgan fingerprint density at radius 3 is 3.08 bits per heavy atom. The van der Waals surface area contributed by atoms with Crippen LogP contribution in [0, 0.1) is 11.8 Å². The zero-order valence-electron chi connectivity index (χ0n) is 8.21. The largest absolute Gasteiger partial charge is 0.294 e. The van der Waals surface area contributed by atoms with Crippen LogP contribution in [0.1, 0.15) is 39.5 Å². The molecule has 0 aromatic carbocycles. The Labute approximate surface area is 75.1 Å². The summed E-state index contributed by atoms with van der Waals surface area (Å²) in [5.74, 6) is 2.02. The van der Waals surface area contributed by atoms with E-state index < -0.39 is 0 Å². The molecule has 0 spiro atoms. The SMILES string of the molecule is CC1CC2CC1(C)N1CCCC21. The summed E-state index contributed by atoms with van der Waals surface area (Å²) in [6.45, 7) is 6.35. The summed E-state index contributed by atoms with van der Waals surface area (Å²) in [4.78, 5) is 2.83. The van der Waals surface area contributed by atoms with Gasteiger partial charge in [0.15, 0.2) is 0 Å². The second-order valence-electron chi connectivity index (χ2n) is 5.36. The first-order valence-corrected chi connectivity index (χ1v) is 5.48. The van der Waals surface area contributed by atoms with Gasteiger partial charge in [-0.2, -0.15) is 0 Å². The molecule has 1 saturated carbocycles. The number of rotatable bonds is 0. The van der Waals surface area contributed by atoms with Gasteiger partial charge in [-0.1, -0.05) is 6.92 Å². The van der Waals surface area contributed by atoms with Gasteiger partial charge >= 0.3 is 0 Å². The van der Waals surface area contributed by atoms with Gasteiger partial charge in [-0.15, -0.1) is 0 Å². The summed E-state index contributed by atoms with van der Waals surface area (Å²) in [7, 11) is 0. The average Bonchev–Trinajstić information content (AvgIpc) is 2.60. The third-order valence-electron chi connectivity index (χ3n) is 4.89. The standard InChI is InChI=1S/C11H19N/c1-8-6-9-7-11(8,2)12-5-3-4-10(9)12/h8-10H,3-7H2,1-2H3. The molecule has 1 aliphatic carbocycles. The molecule has 12 heavy (non-hydrogen) atoms. The van der Waals surface area contributed by atoms with Crippen molar-refractivity contribution >= 4 is 0 Å². The lowest BCUT2D eigenvalue weighted by molar-refractivity contribution is 0.0690. The van der Waals surface area contributed by atoms with E-state index in [1.807, 2.05) is 0 Å². The highest BCUT2D eigenvalue weighted by Crippen LogP contribution is 2.56. The van der Waals surface area contributed by atoms with Crippen molar-refractivity contribution in [3.05, 3.63) is 0 Å². The van der Waals surface area contributed by atoms with E-state index in [9.17, 15) is 0 Å². The second-order valence-corrected chi connectivity index (χ2v) is 5.36. The van der Waals surface area contributed by atoms with Crippen molar-refractivity contribution in [3.8, 4) is 0 Å². The van der Waals surface area contributed by atoms with Gasteiger partial charge < -0.3 is 0 Å². The molecule has 68 valence electrons. The molecule has 1 heteroatoms. The quantitative estimate of drug-likeness (QED) is 0.532. The smallest absolute Gasteiger partial charge is 0.0213 e. The van der Waals surface area contributed by atoms with Crippen LogP contribution in [0.15, 0.2) is 0 Å². The molecule has 3 fully saturated rings. The second kappa shape index (κ2) is 2.06. The molecule has 2 aliphatic heterocycles. The summed E-state index contributed by atoms with van der Waals surface area (Å²) < 4.78 is 0. The molecular formula is C11H19N. The van der Waals surface area contributed by atoms with Crippen molar-refractivity contribution in [1.82, 2.24) is 4.90 Å². The van der Waals surface area contributed by atoms with Crippen LogP contribution in [0.4, 0.5) is 0 Å². The molecule has 4 atom stereocenters. The summed E-state index contributed by atoms with van der Waals surface area (Å²) in [5.41, 5.74) is 0.603. The lowest BCUT2D eigenvalue weighted by Gasteiger charge is -2.41. The van der Waals surface area contributed by atoms with Crippen molar-refractivity contribution in [2.75, 3.05) is 6.54 Å². The summed E-state index contributed by atoms with van der Waals surface area (Å²) >= 11 is 0. The molecule has 0 radical (unpaired) electrons. The van der Waals surface area contributed by atoms with Crippen LogP contribution in [-0.4, -0.2) is 23.0 Å². The Morgan fingerprint density at radius 1 is 1.42 bits per heavy atom. The highest BCUT2D eigenvalue weighted by Gasteiger charge is 2.57. The molecule has 3 aliphatic rings. The average molecular weight is 165 g/mol. The molecule has 3 rings (SSSR count). The third kappa shape index (κ3) is 0.654. The van der Waals surface area contributed by atoms with Crippen LogP contribution in [0.5, 0.6) is 0 Å². The van der Waals surface area contributed by atoms with Gasteiger partial charge in [-0.25, -0.2) is 0 Å². The molecule has 2 bridgehead atoms. The van der Waals surface area contributed by atoms with Crippen LogP contribution < -0.4 is 0 Å². The molecule has 0 aromatic rings. The lowest BCUT2D eigenvalue weighted by Crippen LogP contribution is -2.48. The molecule has 2 heterocycles. The number of fused-ring (bicyclic) bond motifs is 5. The third-order valence-corrected chi connectivity index (χ3v) is 4.89. The minimum absolute atomic E-state index is 0.603. The Balaban J connectivity index is 1.98. The zero-order valence-corrected chi connectivity index (χ0v) is 8.21. The number of nitrogens with zero attached hydrogens (tertiary/aromatic N) is 1. The van der Waals surface area contributed by atoms with Crippen molar-refractivity contribution < 1.29 is 0 Å². The highest BCUT2D eigenvalue weighted by molar-refractivity contribution is 5.12. The summed E-state index contributed by atoms with van der Waals surface area (Å²) in [6, 6.07) is 0.992. The Bertz CT molecular complexity index is 213. The molecule has 4 unspecified atom stereocenters. The molecule has 0 N–H and O–H groups in total. The fourth-order valence-electron chi connectivity index (χ4n) is 4.13. The van der Waals surface area contributed by atoms with Crippen molar-refractivity contribution in [2.45, 2.75) is 51.1 Å². The van der Waals surface area contributed by atoms with Crippen molar-refractivity contribution in [2.24, 2.45) is 11.8 Å². The number of piperidine rings is 1. The first-order valence-electron chi connectivity index (χ1n) is 5.48. The van der Waals surface area contributed by atoms with E-state index in [4.69, 9.17) is 0 Å². The Hall–Kier alpha value is -0.0400. The first kappa shape index (κ1) is 7.37. The van der Waals surface area contributed by atoms with E-state index in [1.54, 1.807) is 0 Å². The van der Waals surface area contributed by atoms with Gasteiger partial charge in [0, 0.05) is 11.6 Å². The fourth-order valence-corrected chi connectivity index (χ4v) is 4.13. The minimum atomic E-state index is 0.603. The van der Waals surface area contributed by atoms with Crippen LogP contribution in [0.25, 0.3) is 0 Å². The fraction of sp³-hybridized carbons (Fsp3) is 1.00. The zero-order chi connectivity index (χ0) is 8.34. The van der Waals surface area contributed by atoms with Gasteiger partial charge in [-0.3, -0.25) is 4.90 Å². The van der Waals surface area contributed by atoms with E-state index in [2.05, 4.69) is 18.7 Å².